The van der Waals surface area contributed by atoms with Gasteiger partial charge in [0, 0.05) is 29.6 Å². The zero-order chi connectivity index (χ0) is 19.4. The number of hydrogen-bond donors (Lipinski definition) is 1. The molecule has 0 saturated carbocycles. The van der Waals surface area contributed by atoms with Crippen molar-refractivity contribution < 1.29 is 14.3 Å². The van der Waals surface area contributed by atoms with E-state index in [4.69, 9.17) is 4.74 Å². The summed E-state index contributed by atoms with van der Waals surface area (Å²) in [5.74, 6) is 0.141. The van der Waals surface area contributed by atoms with Crippen LogP contribution in [0.4, 0.5) is 0 Å². The highest BCUT2D eigenvalue weighted by atomic mass is 16.5. The average molecular weight is 368 g/mol. The summed E-state index contributed by atoms with van der Waals surface area (Å²) in [5, 5.41) is 1.26. The molecule has 1 fully saturated rings. The Kier molecular flexibility index (Phi) is 4.09. The highest BCUT2D eigenvalue weighted by Crippen LogP contribution is 2.50. The van der Waals surface area contributed by atoms with Crippen molar-refractivity contribution in [3.8, 4) is 0 Å². The summed E-state index contributed by atoms with van der Waals surface area (Å²) in [4.78, 5) is 30.4. The first kappa shape index (κ1) is 18.1. The molecule has 4 rings (SSSR count). The van der Waals surface area contributed by atoms with Gasteiger partial charge in [0.25, 0.3) is 0 Å². The number of para-hydroxylation sites is 1. The fourth-order valence-electron chi connectivity index (χ4n) is 4.70. The molecular formula is C22H28N2O3. The molecule has 2 atom stereocenters. The maximum atomic E-state index is 12.7. The molecule has 0 spiro atoms. The summed E-state index contributed by atoms with van der Waals surface area (Å²) < 4.78 is 5.50. The number of esters is 1. The van der Waals surface area contributed by atoms with E-state index in [0.717, 1.165) is 24.2 Å². The van der Waals surface area contributed by atoms with Crippen molar-refractivity contribution in [1.82, 2.24) is 9.88 Å². The molecule has 0 aliphatic carbocycles. The minimum Gasteiger partial charge on any atom is -0.465 e. The molecule has 2 aliphatic heterocycles. The van der Waals surface area contributed by atoms with Crippen LogP contribution in [0.25, 0.3) is 10.9 Å². The van der Waals surface area contributed by atoms with Crippen LogP contribution < -0.4 is 0 Å². The number of carbonyl (C=O) groups excluding carboxylic acids is 2. The summed E-state index contributed by atoms with van der Waals surface area (Å²) in [6.45, 7) is 8.84. The second-order valence-electron chi connectivity index (χ2n) is 9.04. The zero-order valence-electron chi connectivity index (χ0n) is 16.6. The standard InChI is InChI=1S/C22H28N2O3/c1-21(2,3)20(26)27-12-10-14-13-18(25)24-11-9-16-15-7-5-6-8-17(15)23-19(16)22(14,24)4/h5-8,14,23H,9-13H2,1-4H3/t14-,22-/m1/s1. The first-order valence-electron chi connectivity index (χ1n) is 9.80. The molecule has 5 nitrogen and oxygen atoms in total. The highest BCUT2D eigenvalue weighted by Gasteiger charge is 2.53. The van der Waals surface area contributed by atoms with Gasteiger partial charge in [0.05, 0.1) is 17.6 Å². The number of ether oxygens (including phenoxy) is 1. The van der Waals surface area contributed by atoms with Crippen LogP contribution in [-0.2, 0) is 26.3 Å². The molecule has 0 bridgehead atoms. The van der Waals surface area contributed by atoms with Crippen molar-refractivity contribution in [2.24, 2.45) is 11.3 Å². The number of aromatic amines is 1. The van der Waals surface area contributed by atoms with Gasteiger partial charge in [0.15, 0.2) is 0 Å². The smallest absolute Gasteiger partial charge is 0.311 e. The van der Waals surface area contributed by atoms with Crippen LogP contribution in [0.3, 0.4) is 0 Å². The van der Waals surface area contributed by atoms with Crippen LogP contribution in [-0.4, -0.2) is 34.9 Å². The number of fused-ring (bicyclic) bond motifs is 5. The van der Waals surface area contributed by atoms with Gasteiger partial charge in [-0.05, 0) is 58.1 Å². The number of H-pyrrole nitrogens is 1. The molecule has 27 heavy (non-hydrogen) atoms. The van der Waals surface area contributed by atoms with E-state index in [9.17, 15) is 9.59 Å². The van der Waals surface area contributed by atoms with Gasteiger partial charge < -0.3 is 14.6 Å². The lowest BCUT2D eigenvalue weighted by molar-refractivity contribution is -0.153. The van der Waals surface area contributed by atoms with Crippen LogP contribution in [0, 0.1) is 11.3 Å². The summed E-state index contributed by atoms with van der Waals surface area (Å²) in [7, 11) is 0. The van der Waals surface area contributed by atoms with Gasteiger partial charge in [-0.2, -0.15) is 0 Å². The molecule has 0 radical (unpaired) electrons. The first-order valence-corrected chi connectivity index (χ1v) is 9.80. The minimum atomic E-state index is -0.503. The van der Waals surface area contributed by atoms with Crippen LogP contribution >= 0.6 is 0 Å². The molecule has 1 aromatic carbocycles. The molecule has 0 unspecified atom stereocenters. The summed E-state index contributed by atoms with van der Waals surface area (Å²) >= 11 is 0. The highest BCUT2D eigenvalue weighted by molar-refractivity contribution is 5.88. The van der Waals surface area contributed by atoms with Crippen molar-refractivity contribution in [2.75, 3.05) is 13.2 Å². The molecule has 5 heteroatoms. The van der Waals surface area contributed by atoms with Gasteiger partial charge in [-0.3, -0.25) is 9.59 Å². The van der Waals surface area contributed by atoms with Crippen molar-refractivity contribution in [1.29, 1.82) is 0 Å². The molecule has 1 amide bonds. The van der Waals surface area contributed by atoms with Crippen LogP contribution in [0.15, 0.2) is 24.3 Å². The molecule has 1 aromatic heterocycles. The Labute approximate surface area is 160 Å². The van der Waals surface area contributed by atoms with E-state index >= 15 is 0 Å². The molecular weight excluding hydrogens is 340 g/mol. The third-order valence-electron chi connectivity index (χ3n) is 6.29. The van der Waals surface area contributed by atoms with Gasteiger partial charge in [-0.25, -0.2) is 0 Å². The predicted octanol–water partition coefficient (Wildman–Crippen LogP) is 3.77. The Bertz CT molecular complexity index is 908. The molecule has 144 valence electrons. The van der Waals surface area contributed by atoms with E-state index in [0.29, 0.717) is 19.4 Å². The Balaban J connectivity index is 1.63. The van der Waals surface area contributed by atoms with Gasteiger partial charge in [-0.1, -0.05) is 18.2 Å². The number of aromatic nitrogens is 1. The van der Waals surface area contributed by atoms with E-state index in [-0.39, 0.29) is 23.3 Å². The number of benzene rings is 1. The Morgan fingerprint density at radius 1 is 1.33 bits per heavy atom. The van der Waals surface area contributed by atoms with E-state index < -0.39 is 5.41 Å². The number of nitrogens with zero attached hydrogens (tertiary/aromatic N) is 1. The van der Waals surface area contributed by atoms with Crippen molar-refractivity contribution in [2.45, 2.75) is 52.5 Å². The van der Waals surface area contributed by atoms with Crippen LogP contribution in [0.5, 0.6) is 0 Å². The summed E-state index contributed by atoms with van der Waals surface area (Å²) in [6, 6.07) is 8.35. The molecule has 1 saturated heterocycles. The monoisotopic (exact) mass is 368 g/mol. The van der Waals surface area contributed by atoms with Crippen LogP contribution in [0.2, 0.25) is 0 Å². The SMILES string of the molecule is CC(C)(C)C(=O)OCC[C@@H]1CC(=O)N2CCc3c([nH]c4ccccc34)[C@@]12C. The molecule has 2 aliphatic rings. The Morgan fingerprint density at radius 2 is 2.07 bits per heavy atom. The average Bonchev–Trinajstić information content (AvgIpc) is 3.10. The van der Waals surface area contributed by atoms with E-state index in [1.807, 2.05) is 31.7 Å². The number of rotatable bonds is 3. The number of carbonyl (C=O) groups is 2. The second-order valence-corrected chi connectivity index (χ2v) is 9.04. The maximum Gasteiger partial charge on any atom is 0.311 e. The molecule has 1 N–H and O–H groups in total. The quantitative estimate of drug-likeness (QED) is 0.839. The fraction of sp³-hybridized carbons (Fsp3) is 0.545. The lowest BCUT2D eigenvalue weighted by Crippen LogP contribution is -2.49. The summed E-state index contributed by atoms with van der Waals surface area (Å²) in [5.41, 5.74) is 2.75. The number of hydrogen-bond acceptors (Lipinski definition) is 3. The van der Waals surface area contributed by atoms with E-state index in [1.165, 1.54) is 10.9 Å². The molecule has 2 aromatic rings. The summed E-state index contributed by atoms with van der Waals surface area (Å²) in [6.07, 6.45) is 2.08. The van der Waals surface area contributed by atoms with Gasteiger partial charge in [-0.15, -0.1) is 0 Å². The number of amides is 1. The van der Waals surface area contributed by atoms with Gasteiger partial charge >= 0.3 is 5.97 Å². The maximum absolute atomic E-state index is 12.7. The Morgan fingerprint density at radius 3 is 2.81 bits per heavy atom. The van der Waals surface area contributed by atoms with Gasteiger partial charge in [0.2, 0.25) is 5.91 Å². The zero-order valence-corrected chi connectivity index (χ0v) is 16.6. The van der Waals surface area contributed by atoms with E-state index in [1.54, 1.807) is 0 Å². The molecule has 3 heterocycles. The fourth-order valence-corrected chi connectivity index (χ4v) is 4.70. The second kappa shape index (κ2) is 6.11. The van der Waals surface area contributed by atoms with Crippen molar-refractivity contribution in [3.05, 3.63) is 35.5 Å². The van der Waals surface area contributed by atoms with E-state index in [2.05, 4.69) is 30.1 Å². The van der Waals surface area contributed by atoms with Crippen molar-refractivity contribution >= 4 is 22.8 Å². The van der Waals surface area contributed by atoms with Gasteiger partial charge in [0.1, 0.15) is 0 Å². The third kappa shape index (κ3) is 2.75. The number of nitrogens with one attached hydrogen (secondary N) is 1. The lowest BCUT2D eigenvalue weighted by atomic mass is 9.77. The lowest BCUT2D eigenvalue weighted by Gasteiger charge is -2.43. The normalized spacial score (nSPS) is 24.8. The first-order chi connectivity index (χ1) is 12.7. The largest absolute Gasteiger partial charge is 0.465 e. The third-order valence-corrected chi connectivity index (χ3v) is 6.29. The van der Waals surface area contributed by atoms with Crippen molar-refractivity contribution in [3.63, 3.8) is 0 Å². The topological polar surface area (TPSA) is 62.4 Å². The van der Waals surface area contributed by atoms with Crippen LogP contribution in [0.1, 0.15) is 51.8 Å². The Hall–Kier alpha value is -2.30. The minimum absolute atomic E-state index is 0.130. The predicted molar refractivity (Wildman–Crippen MR) is 104 cm³/mol.